The third kappa shape index (κ3) is 4.07. The first kappa shape index (κ1) is 15.1. The zero-order valence-corrected chi connectivity index (χ0v) is 11.8. The van der Waals surface area contributed by atoms with Crippen molar-refractivity contribution in [3.63, 3.8) is 0 Å². The van der Waals surface area contributed by atoms with Crippen molar-refractivity contribution in [2.75, 3.05) is 12.0 Å². The maximum Gasteiger partial charge on any atom is 0.147 e. The number of rotatable bonds is 5. The van der Waals surface area contributed by atoms with Gasteiger partial charge in [-0.1, -0.05) is 26.0 Å². The van der Waals surface area contributed by atoms with Gasteiger partial charge in [0.25, 0.3) is 0 Å². The molecule has 18 heavy (non-hydrogen) atoms. The summed E-state index contributed by atoms with van der Waals surface area (Å²) in [5, 5.41) is 0. The van der Waals surface area contributed by atoms with Crippen LogP contribution < -0.4 is 5.73 Å². The Morgan fingerprint density at radius 1 is 1.28 bits per heavy atom. The van der Waals surface area contributed by atoms with Crippen LogP contribution in [0.2, 0.25) is 0 Å². The first-order valence-corrected chi connectivity index (χ1v) is 7.88. The van der Waals surface area contributed by atoms with E-state index in [0.717, 1.165) is 5.56 Å². The molecule has 1 aromatic carbocycles. The molecule has 0 spiro atoms. The lowest BCUT2D eigenvalue weighted by Gasteiger charge is -2.32. The van der Waals surface area contributed by atoms with Gasteiger partial charge in [0.1, 0.15) is 15.7 Å². The van der Waals surface area contributed by atoms with Crippen molar-refractivity contribution in [1.82, 2.24) is 0 Å². The average Bonchev–Trinajstić information content (AvgIpc) is 2.25. The third-order valence-corrected chi connectivity index (χ3v) is 4.29. The Bertz CT molecular complexity index is 494. The van der Waals surface area contributed by atoms with Gasteiger partial charge in [-0.25, -0.2) is 12.8 Å². The van der Waals surface area contributed by atoms with Crippen LogP contribution in [0, 0.1) is 5.82 Å². The molecule has 0 heterocycles. The predicted octanol–water partition coefficient (Wildman–Crippen LogP) is 1.87. The van der Waals surface area contributed by atoms with Gasteiger partial charge in [0, 0.05) is 17.7 Å². The van der Waals surface area contributed by atoms with Crippen LogP contribution in [0.4, 0.5) is 4.39 Å². The highest BCUT2D eigenvalue weighted by Crippen LogP contribution is 2.28. The van der Waals surface area contributed by atoms with Gasteiger partial charge in [-0.15, -0.1) is 0 Å². The molecule has 0 aromatic heterocycles. The lowest BCUT2D eigenvalue weighted by atomic mass is 9.77. The highest BCUT2D eigenvalue weighted by Gasteiger charge is 2.28. The molecular formula is C13H20FNO2S. The molecule has 0 saturated heterocycles. The molecule has 1 atom stereocenters. The fourth-order valence-corrected chi connectivity index (χ4v) is 2.48. The van der Waals surface area contributed by atoms with E-state index in [-0.39, 0.29) is 17.6 Å². The van der Waals surface area contributed by atoms with Crippen LogP contribution >= 0.6 is 0 Å². The molecule has 1 aromatic rings. The summed E-state index contributed by atoms with van der Waals surface area (Å²) in [5.74, 6) is -0.224. The van der Waals surface area contributed by atoms with Crippen LogP contribution in [0.1, 0.15) is 25.8 Å². The first-order valence-electron chi connectivity index (χ1n) is 5.82. The number of sulfone groups is 1. The van der Waals surface area contributed by atoms with Gasteiger partial charge in [-0.3, -0.25) is 0 Å². The summed E-state index contributed by atoms with van der Waals surface area (Å²) in [6, 6.07) is 5.86. The van der Waals surface area contributed by atoms with E-state index in [4.69, 9.17) is 5.73 Å². The quantitative estimate of drug-likeness (QED) is 0.891. The minimum Gasteiger partial charge on any atom is -0.327 e. The molecule has 3 nitrogen and oxygen atoms in total. The van der Waals surface area contributed by atoms with E-state index >= 15 is 0 Å². The molecular weight excluding hydrogens is 253 g/mol. The largest absolute Gasteiger partial charge is 0.327 e. The monoisotopic (exact) mass is 273 g/mol. The normalized spacial score (nSPS) is 14.5. The molecule has 0 aliphatic carbocycles. The van der Waals surface area contributed by atoms with E-state index in [1.807, 2.05) is 13.8 Å². The maximum atomic E-state index is 12.9. The van der Waals surface area contributed by atoms with Crippen molar-refractivity contribution in [3.8, 4) is 0 Å². The summed E-state index contributed by atoms with van der Waals surface area (Å²) in [6.45, 7) is 3.88. The molecule has 1 unspecified atom stereocenters. The van der Waals surface area contributed by atoms with Gasteiger partial charge in [-0.2, -0.15) is 0 Å². The average molecular weight is 273 g/mol. The van der Waals surface area contributed by atoms with E-state index < -0.39 is 15.3 Å². The SMILES string of the molecule is CC(C)(c1ccc(F)cc1)C(N)CCS(C)(=O)=O. The summed E-state index contributed by atoms with van der Waals surface area (Å²) in [4.78, 5) is 0. The molecule has 0 saturated carbocycles. The Hall–Kier alpha value is -0.940. The summed E-state index contributed by atoms with van der Waals surface area (Å²) in [6.07, 6.45) is 1.59. The topological polar surface area (TPSA) is 60.2 Å². The second-order valence-electron chi connectivity index (χ2n) is 5.25. The highest BCUT2D eigenvalue weighted by atomic mass is 32.2. The predicted molar refractivity (Wildman–Crippen MR) is 71.7 cm³/mol. The van der Waals surface area contributed by atoms with Crippen LogP contribution in [0.25, 0.3) is 0 Å². The lowest BCUT2D eigenvalue weighted by molar-refractivity contribution is 0.399. The second-order valence-corrected chi connectivity index (χ2v) is 7.51. The molecule has 1 rings (SSSR count). The van der Waals surface area contributed by atoms with Crippen LogP contribution in [0.15, 0.2) is 24.3 Å². The third-order valence-electron chi connectivity index (χ3n) is 3.31. The van der Waals surface area contributed by atoms with Gasteiger partial charge in [-0.05, 0) is 24.1 Å². The van der Waals surface area contributed by atoms with Crippen LogP contribution in [0.5, 0.6) is 0 Å². The number of benzene rings is 1. The molecule has 0 bridgehead atoms. The molecule has 5 heteroatoms. The van der Waals surface area contributed by atoms with Crippen LogP contribution in [-0.4, -0.2) is 26.5 Å². The molecule has 0 aliphatic heterocycles. The molecule has 0 amide bonds. The van der Waals surface area contributed by atoms with Crippen molar-refractivity contribution in [2.45, 2.75) is 31.7 Å². The van der Waals surface area contributed by atoms with E-state index in [9.17, 15) is 12.8 Å². The molecule has 102 valence electrons. The van der Waals surface area contributed by atoms with Crippen molar-refractivity contribution >= 4 is 9.84 Å². The van der Waals surface area contributed by atoms with Gasteiger partial charge in [0.2, 0.25) is 0 Å². The number of nitrogens with two attached hydrogens (primary N) is 1. The van der Waals surface area contributed by atoms with Crippen LogP contribution in [0.3, 0.4) is 0 Å². The maximum absolute atomic E-state index is 12.9. The Balaban J connectivity index is 2.82. The van der Waals surface area contributed by atoms with E-state index in [1.165, 1.54) is 18.4 Å². The molecule has 0 fully saturated rings. The highest BCUT2D eigenvalue weighted by molar-refractivity contribution is 7.90. The van der Waals surface area contributed by atoms with Crippen molar-refractivity contribution < 1.29 is 12.8 Å². The molecule has 0 radical (unpaired) electrons. The minimum absolute atomic E-state index is 0.0682. The number of hydrogen-bond acceptors (Lipinski definition) is 3. The van der Waals surface area contributed by atoms with Gasteiger partial charge < -0.3 is 5.73 Å². The zero-order valence-electron chi connectivity index (χ0n) is 11.0. The first-order chi connectivity index (χ1) is 8.13. The van der Waals surface area contributed by atoms with Gasteiger partial charge in [0.15, 0.2) is 0 Å². The van der Waals surface area contributed by atoms with Crippen molar-refractivity contribution in [3.05, 3.63) is 35.6 Å². The minimum atomic E-state index is -3.01. The summed E-state index contributed by atoms with van der Waals surface area (Å²) < 4.78 is 35.1. The van der Waals surface area contributed by atoms with E-state index in [1.54, 1.807) is 12.1 Å². The van der Waals surface area contributed by atoms with Gasteiger partial charge in [0.05, 0.1) is 5.75 Å². The number of hydrogen-bond donors (Lipinski definition) is 1. The summed E-state index contributed by atoms with van der Waals surface area (Å²) in [5.41, 5.74) is 6.59. The Morgan fingerprint density at radius 3 is 2.22 bits per heavy atom. The summed E-state index contributed by atoms with van der Waals surface area (Å²) in [7, 11) is -3.01. The molecule has 2 N–H and O–H groups in total. The van der Waals surface area contributed by atoms with Crippen molar-refractivity contribution in [2.24, 2.45) is 5.73 Å². The second kappa shape index (κ2) is 5.36. The van der Waals surface area contributed by atoms with Crippen molar-refractivity contribution in [1.29, 1.82) is 0 Å². The fourth-order valence-electron chi connectivity index (χ4n) is 1.80. The smallest absolute Gasteiger partial charge is 0.147 e. The Morgan fingerprint density at radius 2 is 1.78 bits per heavy atom. The van der Waals surface area contributed by atoms with Gasteiger partial charge >= 0.3 is 0 Å². The van der Waals surface area contributed by atoms with E-state index in [0.29, 0.717) is 6.42 Å². The molecule has 0 aliphatic rings. The summed E-state index contributed by atoms with van der Waals surface area (Å²) >= 11 is 0. The Labute approximate surface area is 108 Å². The fraction of sp³-hybridized carbons (Fsp3) is 0.538. The Kier molecular flexibility index (Phi) is 4.50. The number of halogens is 1. The van der Waals surface area contributed by atoms with Crippen LogP contribution in [-0.2, 0) is 15.3 Å². The standard InChI is InChI=1S/C13H20FNO2S/c1-13(2,10-4-6-11(14)7-5-10)12(15)8-9-18(3,16)17/h4-7,12H,8-9,15H2,1-3H3. The van der Waals surface area contributed by atoms with E-state index in [2.05, 4.69) is 0 Å². The zero-order chi connectivity index (χ0) is 14.0. The lowest BCUT2D eigenvalue weighted by Crippen LogP contribution is -2.42.